The molecule has 0 radical (unpaired) electrons. The largest absolute Gasteiger partial charge is 0.369 e. The van der Waals surface area contributed by atoms with Crippen LogP contribution in [0.25, 0.3) is 10.9 Å². The molecule has 1 aromatic heterocycles. The summed E-state index contributed by atoms with van der Waals surface area (Å²) in [6.07, 6.45) is 0.641. The number of hydrogen-bond acceptors (Lipinski definition) is 3. The van der Waals surface area contributed by atoms with Crippen LogP contribution in [0.3, 0.4) is 0 Å². The fraction of sp³-hybridized carbons (Fsp3) is 0.529. The maximum atomic E-state index is 11.7. The van der Waals surface area contributed by atoms with Crippen molar-refractivity contribution in [2.24, 2.45) is 5.73 Å². The lowest BCUT2D eigenvalue weighted by molar-refractivity contribution is -0.119. The van der Waals surface area contributed by atoms with E-state index >= 15 is 0 Å². The third kappa shape index (κ3) is 3.82. The molecule has 0 aliphatic carbocycles. The number of hydrogen-bond donors (Lipinski definition) is 1. The van der Waals surface area contributed by atoms with Gasteiger partial charge in [-0.25, -0.2) is 4.68 Å². The molecule has 0 aliphatic rings. The van der Waals surface area contributed by atoms with Gasteiger partial charge >= 0.3 is 0 Å². The van der Waals surface area contributed by atoms with Gasteiger partial charge in [0, 0.05) is 11.1 Å². The van der Waals surface area contributed by atoms with E-state index in [0.29, 0.717) is 13.2 Å². The van der Waals surface area contributed by atoms with Gasteiger partial charge in [0.25, 0.3) is 0 Å². The van der Waals surface area contributed by atoms with E-state index in [4.69, 9.17) is 10.5 Å². The molecule has 0 fully saturated rings. The summed E-state index contributed by atoms with van der Waals surface area (Å²) in [7, 11) is -1.36. The molecular weight excluding hydrogens is 306 g/mol. The number of para-hydroxylation sites is 1. The standard InChI is InChI=1S/C17H27N3O2Si/c1-6-13(17(18)21)16-14-9-7-8-10-15(14)20(19-16)11-22-12(2)23(3,4)5/h7-10,12-13H,6,11H2,1-5H3,(H2,18,21). The van der Waals surface area contributed by atoms with Crippen molar-refractivity contribution in [3.05, 3.63) is 30.0 Å². The molecule has 2 unspecified atom stereocenters. The number of amides is 1. The van der Waals surface area contributed by atoms with E-state index in [1.54, 1.807) is 0 Å². The summed E-state index contributed by atoms with van der Waals surface area (Å²) in [5.74, 6) is -0.699. The monoisotopic (exact) mass is 333 g/mol. The Bertz CT molecular complexity index is 691. The summed E-state index contributed by atoms with van der Waals surface area (Å²) in [5.41, 5.74) is 7.50. The van der Waals surface area contributed by atoms with Crippen LogP contribution < -0.4 is 5.73 Å². The Morgan fingerprint density at radius 2 is 2.00 bits per heavy atom. The van der Waals surface area contributed by atoms with Crippen molar-refractivity contribution in [3.8, 4) is 0 Å². The molecule has 126 valence electrons. The summed E-state index contributed by atoms with van der Waals surface area (Å²) in [6, 6.07) is 7.92. The fourth-order valence-electron chi connectivity index (χ4n) is 2.47. The highest BCUT2D eigenvalue weighted by Gasteiger charge is 2.25. The lowest BCUT2D eigenvalue weighted by Crippen LogP contribution is -2.38. The lowest BCUT2D eigenvalue weighted by atomic mass is 9.99. The molecule has 0 saturated heterocycles. The zero-order chi connectivity index (χ0) is 17.2. The highest BCUT2D eigenvalue weighted by molar-refractivity contribution is 6.77. The van der Waals surface area contributed by atoms with E-state index < -0.39 is 8.07 Å². The SMILES string of the molecule is CCC(C(N)=O)c1nn(COC(C)[Si](C)(C)C)c2ccccc12. The van der Waals surface area contributed by atoms with Crippen LogP contribution in [0.4, 0.5) is 0 Å². The van der Waals surface area contributed by atoms with E-state index in [9.17, 15) is 4.79 Å². The molecule has 0 spiro atoms. The molecule has 0 saturated carbocycles. The van der Waals surface area contributed by atoms with Crippen molar-refractivity contribution < 1.29 is 9.53 Å². The predicted molar refractivity (Wildman–Crippen MR) is 95.9 cm³/mol. The Hall–Kier alpha value is -1.66. The van der Waals surface area contributed by atoms with E-state index in [-0.39, 0.29) is 17.6 Å². The van der Waals surface area contributed by atoms with Crippen LogP contribution in [0.15, 0.2) is 24.3 Å². The number of carbonyl (C=O) groups is 1. The summed E-state index contributed by atoms with van der Waals surface area (Å²) >= 11 is 0. The Balaban J connectivity index is 2.36. The van der Waals surface area contributed by atoms with Crippen LogP contribution in [-0.4, -0.2) is 29.5 Å². The summed E-state index contributed by atoms with van der Waals surface area (Å²) in [4.78, 5) is 11.7. The van der Waals surface area contributed by atoms with Crippen LogP contribution in [0.1, 0.15) is 31.9 Å². The maximum Gasteiger partial charge on any atom is 0.226 e. The zero-order valence-electron chi connectivity index (χ0n) is 14.7. The first-order chi connectivity index (χ1) is 10.8. The van der Waals surface area contributed by atoms with Gasteiger partial charge < -0.3 is 10.5 Å². The van der Waals surface area contributed by atoms with Gasteiger partial charge in [-0.2, -0.15) is 5.10 Å². The molecule has 2 aromatic rings. The average Bonchev–Trinajstić information content (AvgIpc) is 2.83. The van der Waals surface area contributed by atoms with Crippen LogP contribution in [-0.2, 0) is 16.3 Å². The van der Waals surface area contributed by atoms with Crippen molar-refractivity contribution in [2.75, 3.05) is 0 Å². The molecule has 1 heterocycles. The van der Waals surface area contributed by atoms with Crippen LogP contribution >= 0.6 is 0 Å². The number of fused-ring (bicyclic) bond motifs is 1. The maximum absolute atomic E-state index is 11.7. The third-order valence-electron chi connectivity index (χ3n) is 4.43. The molecule has 0 aliphatic heterocycles. The van der Waals surface area contributed by atoms with Crippen LogP contribution in [0.2, 0.25) is 19.6 Å². The second-order valence-electron chi connectivity index (χ2n) is 7.07. The third-order valence-corrected chi connectivity index (χ3v) is 7.04. The number of nitrogens with two attached hydrogens (primary N) is 1. The van der Waals surface area contributed by atoms with Gasteiger partial charge in [-0.3, -0.25) is 4.79 Å². The molecule has 2 N–H and O–H groups in total. The van der Waals surface area contributed by atoms with Gasteiger partial charge in [0.2, 0.25) is 5.91 Å². The van der Waals surface area contributed by atoms with Crippen molar-refractivity contribution in [1.82, 2.24) is 9.78 Å². The molecule has 23 heavy (non-hydrogen) atoms. The van der Waals surface area contributed by atoms with Crippen molar-refractivity contribution in [3.63, 3.8) is 0 Å². The number of aromatic nitrogens is 2. The van der Waals surface area contributed by atoms with Crippen molar-refractivity contribution in [2.45, 2.75) is 58.3 Å². The van der Waals surface area contributed by atoms with E-state index in [0.717, 1.165) is 16.6 Å². The first kappa shape index (κ1) is 17.7. The summed E-state index contributed by atoms with van der Waals surface area (Å²) < 4.78 is 7.87. The molecule has 5 nitrogen and oxygen atoms in total. The Morgan fingerprint density at radius 1 is 1.35 bits per heavy atom. The van der Waals surface area contributed by atoms with Gasteiger partial charge in [-0.1, -0.05) is 44.8 Å². The summed E-state index contributed by atoms with van der Waals surface area (Å²) in [5, 5.41) is 5.62. The predicted octanol–water partition coefficient (Wildman–Crippen LogP) is 3.26. The fourth-order valence-corrected chi connectivity index (χ4v) is 3.05. The minimum atomic E-state index is -1.36. The number of benzene rings is 1. The van der Waals surface area contributed by atoms with E-state index in [2.05, 4.69) is 31.7 Å². The Labute approximate surface area is 138 Å². The van der Waals surface area contributed by atoms with Gasteiger partial charge in [0.1, 0.15) is 6.73 Å². The Kier molecular flexibility index (Phi) is 5.26. The highest BCUT2D eigenvalue weighted by atomic mass is 28.3. The number of rotatable bonds is 7. The lowest BCUT2D eigenvalue weighted by Gasteiger charge is -2.25. The minimum Gasteiger partial charge on any atom is -0.369 e. The second-order valence-corrected chi connectivity index (χ2v) is 12.6. The number of ether oxygens (including phenoxy) is 1. The normalized spacial score (nSPS) is 14.8. The number of primary amides is 1. The quantitative estimate of drug-likeness (QED) is 0.791. The van der Waals surface area contributed by atoms with Gasteiger partial charge in [-0.15, -0.1) is 0 Å². The van der Waals surface area contributed by atoms with E-state index in [1.807, 2.05) is 35.9 Å². The molecule has 6 heteroatoms. The zero-order valence-corrected chi connectivity index (χ0v) is 15.7. The van der Waals surface area contributed by atoms with E-state index in [1.165, 1.54) is 0 Å². The average molecular weight is 334 g/mol. The first-order valence-corrected chi connectivity index (χ1v) is 11.7. The first-order valence-electron chi connectivity index (χ1n) is 8.12. The van der Waals surface area contributed by atoms with Gasteiger partial charge in [-0.05, 0) is 19.4 Å². The highest BCUT2D eigenvalue weighted by Crippen LogP contribution is 2.27. The smallest absolute Gasteiger partial charge is 0.226 e. The van der Waals surface area contributed by atoms with Crippen molar-refractivity contribution in [1.29, 1.82) is 0 Å². The molecule has 2 atom stereocenters. The second kappa shape index (κ2) is 6.84. The topological polar surface area (TPSA) is 70.1 Å². The van der Waals surface area contributed by atoms with Crippen molar-refractivity contribution >= 4 is 24.9 Å². The molecular formula is C17H27N3O2Si. The number of carbonyl (C=O) groups excluding carboxylic acids is 1. The minimum absolute atomic E-state index is 0.229. The van der Waals surface area contributed by atoms with Gasteiger partial charge in [0.15, 0.2) is 0 Å². The number of nitrogens with zero attached hydrogens (tertiary/aromatic N) is 2. The summed E-state index contributed by atoms with van der Waals surface area (Å²) in [6.45, 7) is 11.3. The Morgan fingerprint density at radius 3 is 2.57 bits per heavy atom. The molecule has 1 amide bonds. The van der Waals surface area contributed by atoms with Crippen LogP contribution in [0.5, 0.6) is 0 Å². The molecule has 2 rings (SSSR count). The molecule has 0 bridgehead atoms. The van der Waals surface area contributed by atoms with Crippen LogP contribution in [0, 0.1) is 0 Å². The van der Waals surface area contributed by atoms with Gasteiger partial charge in [0.05, 0.1) is 25.2 Å². The molecule has 1 aromatic carbocycles.